The highest BCUT2D eigenvalue weighted by atomic mass is 16.5. The molecule has 6 heteroatoms. The first kappa shape index (κ1) is 35.6. The van der Waals surface area contributed by atoms with Crippen LogP contribution in [0, 0.1) is 46.3 Å². The Hall–Kier alpha value is -0.240. The summed E-state index contributed by atoms with van der Waals surface area (Å²) in [6.45, 7) is 16.9. The summed E-state index contributed by atoms with van der Waals surface area (Å²) >= 11 is 0. The van der Waals surface area contributed by atoms with E-state index < -0.39 is 11.7 Å². The Morgan fingerprint density at radius 1 is 0.837 bits per heavy atom. The van der Waals surface area contributed by atoms with Crippen molar-refractivity contribution >= 4 is 0 Å². The van der Waals surface area contributed by atoms with Crippen LogP contribution in [-0.2, 0) is 9.47 Å². The molecule has 0 aromatic rings. The Kier molecular flexibility index (Phi) is 13.3. The Balaban J connectivity index is 1.34. The second-order valence-corrected chi connectivity index (χ2v) is 16.3. The van der Waals surface area contributed by atoms with Crippen molar-refractivity contribution in [2.75, 3.05) is 39.5 Å². The molecule has 10 atom stereocenters. The van der Waals surface area contributed by atoms with Gasteiger partial charge in [0.1, 0.15) is 0 Å². The summed E-state index contributed by atoms with van der Waals surface area (Å²) in [4.78, 5) is 0. The van der Waals surface area contributed by atoms with Gasteiger partial charge in [-0.2, -0.15) is 0 Å². The Bertz CT molecular complexity index is 826. The molecule has 0 saturated heterocycles. The number of aliphatic hydroxyl groups excluding tert-OH is 1. The van der Waals surface area contributed by atoms with Crippen LogP contribution in [0.2, 0.25) is 0 Å². The van der Waals surface area contributed by atoms with Gasteiger partial charge in [-0.05, 0) is 125 Å². The fourth-order valence-corrected chi connectivity index (χ4v) is 10.8. The molecule has 4 fully saturated rings. The molecule has 0 aromatic heterocycles. The monoisotopic (exact) mass is 607 g/mol. The number of nitrogens with one attached hydrogen (secondary N) is 1. The minimum atomic E-state index is -0.841. The average molecular weight is 607 g/mol. The van der Waals surface area contributed by atoms with Crippen molar-refractivity contribution in [1.29, 1.82) is 0 Å². The van der Waals surface area contributed by atoms with Crippen LogP contribution in [0.1, 0.15) is 131 Å². The third-order valence-electron chi connectivity index (χ3n) is 13.3. The molecule has 4 rings (SSSR count). The number of ether oxygens (including phenoxy) is 2. The number of fused-ring (bicyclic) bond motifs is 5. The fourth-order valence-electron chi connectivity index (χ4n) is 10.8. The Morgan fingerprint density at radius 2 is 1.53 bits per heavy atom. The minimum absolute atomic E-state index is 0.0456. The fraction of sp³-hybridized carbons (Fsp3) is 1.00. The Labute approximate surface area is 265 Å². The number of hydrogen-bond donors (Lipinski definition) is 4. The van der Waals surface area contributed by atoms with Crippen LogP contribution in [0.4, 0.5) is 0 Å². The van der Waals surface area contributed by atoms with Gasteiger partial charge in [0.05, 0.1) is 11.7 Å². The van der Waals surface area contributed by atoms with Gasteiger partial charge in [0.2, 0.25) is 0 Å². The molecule has 0 amide bonds. The van der Waals surface area contributed by atoms with E-state index in [0.717, 1.165) is 102 Å². The van der Waals surface area contributed by atoms with Crippen molar-refractivity contribution in [2.45, 2.75) is 149 Å². The molecule has 0 aromatic carbocycles. The zero-order chi connectivity index (χ0) is 31.1. The summed E-state index contributed by atoms with van der Waals surface area (Å²) in [6.07, 6.45) is 16.3. The third-order valence-corrected chi connectivity index (χ3v) is 13.3. The standard InChI is InChI=1S/C37H70N2O4/c1-27(2)11-8-12-28(3)31-13-14-32-30-25-34(39-20-10-24-43-22-7-6-21-42-23-9-19-38)37(41)26-29(40)15-18-36(37,5)33(30)16-17-35(31,32)4/h27-34,39-41H,6-26,38H2,1-5H3/t28-,29+,30+,31-,32+,33+,34?,35-,36-,37+/m1/s1. The summed E-state index contributed by atoms with van der Waals surface area (Å²) in [5, 5.41) is 27.2. The Morgan fingerprint density at radius 3 is 2.23 bits per heavy atom. The van der Waals surface area contributed by atoms with E-state index in [4.69, 9.17) is 15.2 Å². The third kappa shape index (κ3) is 8.01. The summed E-state index contributed by atoms with van der Waals surface area (Å²) in [5.74, 6) is 4.46. The summed E-state index contributed by atoms with van der Waals surface area (Å²) in [6, 6.07) is 0.0456. The lowest BCUT2D eigenvalue weighted by Gasteiger charge is -2.66. The van der Waals surface area contributed by atoms with E-state index in [1.165, 1.54) is 44.9 Å². The van der Waals surface area contributed by atoms with Crippen LogP contribution in [0.15, 0.2) is 0 Å². The lowest BCUT2D eigenvalue weighted by Crippen LogP contribution is -2.71. The van der Waals surface area contributed by atoms with Gasteiger partial charge in [0.15, 0.2) is 0 Å². The van der Waals surface area contributed by atoms with Crippen LogP contribution in [0.5, 0.6) is 0 Å². The zero-order valence-electron chi connectivity index (χ0n) is 28.8. The number of unbranched alkanes of at least 4 members (excludes halogenated alkanes) is 1. The van der Waals surface area contributed by atoms with E-state index in [1.54, 1.807) is 0 Å². The quantitative estimate of drug-likeness (QED) is 0.130. The second-order valence-electron chi connectivity index (χ2n) is 16.3. The van der Waals surface area contributed by atoms with Crippen LogP contribution >= 0.6 is 0 Å². The number of rotatable bonds is 18. The molecular weight excluding hydrogens is 536 g/mol. The highest BCUT2D eigenvalue weighted by molar-refractivity contribution is 5.18. The molecule has 4 saturated carbocycles. The van der Waals surface area contributed by atoms with Crippen molar-refractivity contribution in [2.24, 2.45) is 52.1 Å². The van der Waals surface area contributed by atoms with Crippen LogP contribution < -0.4 is 11.1 Å². The van der Waals surface area contributed by atoms with Crippen LogP contribution in [0.25, 0.3) is 0 Å². The molecule has 0 radical (unpaired) electrons. The van der Waals surface area contributed by atoms with Gasteiger partial charge in [0, 0.05) is 44.3 Å². The number of aliphatic hydroxyl groups is 2. The van der Waals surface area contributed by atoms with Crippen molar-refractivity contribution < 1.29 is 19.7 Å². The smallest absolute Gasteiger partial charge is 0.0880 e. The second kappa shape index (κ2) is 16.0. The predicted molar refractivity (Wildman–Crippen MR) is 177 cm³/mol. The van der Waals surface area contributed by atoms with Crippen LogP contribution in [-0.4, -0.2) is 67.5 Å². The molecule has 4 aliphatic rings. The highest BCUT2D eigenvalue weighted by Crippen LogP contribution is 2.69. The van der Waals surface area contributed by atoms with Crippen molar-refractivity contribution in [3.63, 3.8) is 0 Å². The molecule has 0 spiro atoms. The van der Waals surface area contributed by atoms with Gasteiger partial charge in [0.25, 0.3) is 0 Å². The van der Waals surface area contributed by atoms with Gasteiger partial charge >= 0.3 is 0 Å². The van der Waals surface area contributed by atoms with E-state index in [-0.39, 0.29) is 11.5 Å². The van der Waals surface area contributed by atoms with Gasteiger partial charge in [-0.15, -0.1) is 0 Å². The SMILES string of the molecule is CC(C)CCC[C@@H](C)[C@H]1CC[C@H]2[C@@H]3CC(NCCCOCCCCOCCCN)[C@@]4(O)C[C@@H](O)CC[C@]4(C)[C@H]3CC[C@]12C. The lowest BCUT2D eigenvalue weighted by molar-refractivity contribution is -0.234. The van der Waals surface area contributed by atoms with E-state index in [2.05, 4.69) is 39.9 Å². The van der Waals surface area contributed by atoms with Crippen molar-refractivity contribution in [1.82, 2.24) is 5.32 Å². The molecule has 0 aliphatic heterocycles. The van der Waals surface area contributed by atoms with Gasteiger partial charge in [-0.25, -0.2) is 0 Å². The first-order valence-electron chi connectivity index (χ1n) is 18.6. The van der Waals surface area contributed by atoms with E-state index >= 15 is 0 Å². The predicted octanol–water partition coefficient (Wildman–Crippen LogP) is 6.70. The molecule has 6 nitrogen and oxygen atoms in total. The molecule has 0 heterocycles. The zero-order valence-corrected chi connectivity index (χ0v) is 28.8. The molecule has 4 aliphatic carbocycles. The molecule has 1 unspecified atom stereocenters. The van der Waals surface area contributed by atoms with Crippen molar-refractivity contribution in [3.8, 4) is 0 Å². The van der Waals surface area contributed by atoms with E-state index in [0.29, 0.717) is 30.2 Å². The first-order valence-corrected chi connectivity index (χ1v) is 18.6. The maximum Gasteiger partial charge on any atom is 0.0880 e. The molecular formula is C37H70N2O4. The lowest BCUT2D eigenvalue weighted by atomic mass is 9.42. The maximum atomic E-state index is 12.5. The van der Waals surface area contributed by atoms with E-state index in [9.17, 15) is 10.2 Å². The minimum Gasteiger partial charge on any atom is -0.393 e. The summed E-state index contributed by atoms with van der Waals surface area (Å²) < 4.78 is 11.5. The topological polar surface area (TPSA) is 97.0 Å². The molecule has 0 bridgehead atoms. The maximum absolute atomic E-state index is 12.5. The van der Waals surface area contributed by atoms with Gasteiger partial charge in [-0.1, -0.05) is 53.9 Å². The van der Waals surface area contributed by atoms with Gasteiger partial charge in [-0.3, -0.25) is 0 Å². The average Bonchev–Trinajstić information content (AvgIpc) is 3.32. The van der Waals surface area contributed by atoms with E-state index in [1.807, 2.05) is 0 Å². The number of nitrogens with two attached hydrogens (primary N) is 1. The summed E-state index contributed by atoms with van der Waals surface area (Å²) in [5.41, 5.74) is 4.98. The molecule has 43 heavy (non-hydrogen) atoms. The highest BCUT2D eigenvalue weighted by Gasteiger charge is 2.67. The molecule has 5 N–H and O–H groups in total. The summed E-state index contributed by atoms with van der Waals surface area (Å²) in [7, 11) is 0. The van der Waals surface area contributed by atoms with Crippen LogP contribution in [0.3, 0.4) is 0 Å². The largest absolute Gasteiger partial charge is 0.393 e. The van der Waals surface area contributed by atoms with Crippen molar-refractivity contribution in [3.05, 3.63) is 0 Å². The number of hydrogen-bond acceptors (Lipinski definition) is 6. The molecule has 252 valence electrons. The first-order chi connectivity index (χ1) is 20.6. The van der Waals surface area contributed by atoms with Gasteiger partial charge < -0.3 is 30.7 Å². The normalized spacial score (nSPS) is 39.8.